The number of ether oxygens (including phenoxy) is 1. The van der Waals surface area contributed by atoms with E-state index in [9.17, 15) is 8.42 Å². The summed E-state index contributed by atoms with van der Waals surface area (Å²) in [5.74, 6) is 0. The highest BCUT2D eigenvalue weighted by atomic mass is 32.2. The second-order valence-electron chi connectivity index (χ2n) is 5.56. The lowest BCUT2D eigenvalue weighted by Crippen LogP contribution is -2.54. The SMILES string of the molecule is Cc1ncsc1CN1CCN(S(=O)(=O)N2CCOCC2)CC1. The first kappa shape index (κ1) is 16.3. The van der Waals surface area contributed by atoms with Gasteiger partial charge in [-0.3, -0.25) is 4.90 Å². The molecule has 2 aliphatic heterocycles. The molecule has 124 valence electrons. The molecule has 0 atom stereocenters. The van der Waals surface area contributed by atoms with Gasteiger partial charge < -0.3 is 4.74 Å². The maximum absolute atomic E-state index is 12.6. The van der Waals surface area contributed by atoms with Gasteiger partial charge in [-0.25, -0.2) is 4.98 Å². The van der Waals surface area contributed by atoms with Crippen LogP contribution in [-0.4, -0.2) is 79.4 Å². The van der Waals surface area contributed by atoms with Crippen LogP contribution in [0.5, 0.6) is 0 Å². The number of nitrogens with zero attached hydrogens (tertiary/aromatic N) is 4. The number of hydrogen-bond acceptors (Lipinski definition) is 6. The van der Waals surface area contributed by atoms with E-state index in [1.54, 1.807) is 19.9 Å². The predicted octanol–water partition coefficient (Wildman–Crippen LogP) is 0.146. The highest BCUT2D eigenvalue weighted by Gasteiger charge is 2.33. The van der Waals surface area contributed by atoms with Gasteiger partial charge in [-0.2, -0.15) is 17.0 Å². The topological polar surface area (TPSA) is 66.0 Å². The van der Waals surface area contributed by atoms with Crippen molar-refractivity contribution in [2.24, 2.45) is 0 Å². The van der Waals surface area contributed by atoms with Crippen molar-refractivity contribution in [3.63, 3.8) is 0 Å². The number of morpholine rings is 1. The molecule has 0 spiro atoms. The van der Waals surface area contributed by atoms with Gasteiger partial charge >= 0.3 is 0 Å². The first-order valence-electron chi connectivity index (χ1n) is 7.51. The van der Waals surface area contributed by atoms with E-state index < -0.39 is 10.2 Å². The van der Waals surface area contributed by atoms with E-state index in [1.807, 2.05) is 12.4 Å². The number of piperazine rings is 1. The molecule has 2 aliphatic rings. The van der Waals surface area contributed by atoms with Gasteiger partial charge in [0.05, 0.1) is 24.4 Å². The minimum atomic E-state index is -3.33. The molecule has 3 heterocycles. The summed E-state index contributed by atoms with van der Waals surface area (Å²) in [6.45, 7) is 7.42. The van der Waals surface area contributed by atoms with Crippen molar-refractivity contribution in [3.8, 4) is 0 Å². The molecule has 0 unspecified atom stereocenters. The molecule has 22 heavy (non-hydrogen) atoms. The lowest BCUT2D eigenvalue weighted by molar-refractivity contribution is 0.0684. The normalized spacial score (nSPS) is 23.0. The highest BCUT2D eigenvalue weighted by Crippen LogP contribution is 2.18. The van der Waals surface area contributed by atoms with Gasteiger partial charge in [0.1, 0.15) is 0 Å². The van der Waals surface area contributed by atoms with Crippen LogP contribution in [0.15, 0.2) is 5.51 Å². The smallest absolute Gasteiger partial charge is 0.282 e. The van der Waals surface area contributed by atoms with Crippen molar-refractivity contribution in [1.29, 1.82) is 0 Å². The maximum atomic E-state index is 12.6. The number of thiazole rings is 1. The van der Waals surface area contributed by atoms with Crippen molar-refractivity contribution in [2.75, 3.05) is 52.5 Å². The predicted molar refractivity (Wildman–Crippen MR) is 85.0 cm³/mol. The lowest BCUT2D eigenvalue weighted by Gasteiger charge is -2.37. The molecule has 2 fully saturated rings. The van der Waals surface area contributed by atoms with Gasteiger partial charge in [0.2, 0.25) is 0 Å². The zero-order valence-electron chi connectivity index (χ0n) is 12.8. The molecule has 0 aromatic carbocycles. The van der Waals surface area contributed by atoms with Gasteiger partial charge in [-0.1, -0.05) is 0 Å². The van der Waals surface area contributed by atoms with E-state index in [0.29, 0.717) is 39.4 Å². The molecule has 0 radical (unpaired) electrons. The summed E-state index contributed by atoms with van der Waals surface area (Å²) in [6, 6.07) is 0. The van der Waals surface area contributed by atoms with Crippen molar-refractivity contribution >= 4 is 21.5 Å². The Labute approximate surface area is 135 Å². The number of hydrogen-bond donors (Lipinski definition) is 0. The number of aryl methyl sites for hydroxylation is 1. The summed E-state index contributed by atoms with van der Waals surface area (Å²) < 4.78 is 33.6. The first-order chi connectivity index (χ1) is 10.6. The maximum Gasteiger partial charge on any atom is 0.282 e. The fourth-order valence-corrected chi connectivity index (χ4v) is 5.12. The zero-order chi connectivity index (χ0) is 15.6. The van der Waals surface area contributed by atoms with Crippen molar-refractivity contribution in [3.05, 3.63) is 16.1 Å². The quantitative estimate of drug-likeness (QED) is 0.776. The second kappa shape index (κ2) is 6.90. The summed E-state index contributed by atoms with van der Waals surface area (Å²) in [4.78, 5) is 7.83. The van der Waals surface area contributed by atoms with Gasteiger partial charge in [-0.15, -0.1) is 11.3 Å². The Balaban J connectivity index is 1.56. The second-order valence-corrected chi connectivity index (χ2v) is 8.42. The lowest BCUT2D eigenvalue weighted by atomic mass is 10.3. The fraction of sp³-hybridized carbons (Fsp3) is 0.769. The molecule has 3 rings (SSSR count). The molecule has 0 aliphatic carbocycles. The molecule has 1 aromatic heterocycles. The van der Waals surface area contributed by atoms with Crippen LogP contribution in [-0.2, 0) is 21.5 Å². The summed E-state index contributed by atoms with van der Waals surface area (Å²) in [5, 5.41) is 0. The van der Waals surface area contributed by atoms with Crippen molar-refractivity contribution in [2.45, 2.75) is 13.5 Å². The van der Waals surface area contributed by atoms with Crippen LogP contribution in [0.1, 0.15) is 10.6 Å². The van der Waals surface area contributed by atoms with Crippen LogP contribution in [0.2, 0.25) is 0 Å². The molecule has 0 saturated carbocycles. The summed E-state index contributed by atoms with van der Waals surface area (Å²) >= 11 is 1.67. The van der Waals surface area contributed by atoms with Crippen LogP contribution in [0.3, 0.4) is 0 Å². The summed E-state index contributed by atoms with van der Waals surface area (Å²) in [7, 11) is -3.33. The van der Waals surface area contributed by atoms with Crippen molar-refractivity contribution in [1.82, 2.24) is 18.5 Å². The number of aromatic nitrogens is 1. The average Bonchev–Trinajstić information content (AvgIpc) is 2.94. The van der Waals surface area contributed by atoms with E-state index in [4.69, 9.17) is 4.74 Å². The standard InChI is InChI=1S/C13H22N4O3S2/c1-12-13(21-11-14-12)10-15-2-4-16(5-3-15)22(18,19)17-6-8-20-9-7-17/h11H,2-10H2,1H3. The van der Waals surface area contributed by atoms with Gasteiger partial charge in [-0.05, 0) is 6.92 Å². The van der Waals surface area contributed by atoms with E-state index >= 15 is 0 Å². The molecule has 0 bridgehead atoms. The average molecular weight is 346 g/mol. The minimum Gasteiger partial charge on any atom is -0.379 e. The fourth-order valence-electron chi connectivity index (χ4n) is 2.74. The molecule has 7 nitrogen and oxygen atoms in total. The molecule has 0 N–H and O–H groups in total. The molecule has 9 heteroatoms. The Kier molecular flexibility index (Phi) is 5.10. The van der Waals surface area contributed by atoms with Gasteiger partial charge in [0.25, 0.3) is 10.2 Å². The highest BCUT2D eigenvalue weighted by molar-refractivity contribution is 7.86. The Morgan fingerprint density at radius 1 is 1.14 bits per heavy atom. The Hall–Kier alpha value is -0.580. The van der Waals surface area contributed by atoms with Crippen LogP contribution >= 0.6 is 11.3 Å². The Bertz CT molecular complexity index is 590. The first-order valence-corrected chi connectivity index (χ1v) is 9.79. The van der Waals surface area contributed by atoms with Gasteiger partial charge in [0, 0.05) is 50.7 Å². The molecular weight excluding hydrogens is 324 g/mol. The monoisotopic (exact) mass is 346 g/mol. The third-order valence-corrected chi connectivity index (χ3v) is 7.12. The zero-order valence-corrected chi connectivity index (χ0v) is 14.4. The van der Waals surface area contributed by atoms with Gasteiger partial charge in [0.15, 0.2) is 0 Å². The van der Waals surface area contributed by atoms with E-state index in [-0.39, 0.29) is 0 Å². The van der Waals surface area contributed by atoms with Crippen LogP contribution in [0, 0.1) is 6.92 Å². The molecule has 0 amide bonds. The summed E-state index contributed by atoms with van der Waals surface area (Å²) in [5.41, 5.74) is 2.94. The summed E-state index contributed by atoms with van der Waals surface area (Å²) in [6.07, 6.45) is 0. The molecular formula is C13H22N4O3S2. The van der Waals surface area contributed by atoms with E-state index in [2.05, 4.69) is 9.88 Å². The van der Waals surface area contributed by atoms with Crippen LogP contribution < -0.4 is 0 Å². The Morgan fingerprint density at radius 3 is 2.36 bits per heavy atom. The molecule has 2 saturated heterocycles. The number of rotatable bonds is 4. The Morgan fingerprint density at radius 2 is 1.77 bits per heavy atom. The largest absolute Gasteiger partial charge is 0.379 e. The van der Waals surface area contributed by atoms with Crippen molar-refractivity contribution < 1.29 is 13.2 Å². The van der Waals surface area contributed by atoms with E-state index in [0.717, 1.165) is 25.3 Å². The third kappa shape index (κ3) is 3.50. The minimum absolute atomic E-state index is 0.461. The van der Waals surface area contributed by atoms with Crippen LogP contribution in [0.25, 0.3) is 0 Å². The third-order valence-electron chi connectivity index (χ3n) is 4.17. The molecule has 1 aromatic rings. The van der Waals surface area contributed by atoms with Crippen LogP contribution in [0.4, 0.5) is 0 Å². The van der Waals surface area contributed by atoms with E-state index in [1.165, 1.54) is 4.88 Å².